The molecule has 0 saturated heterocycles. The number of amides is 1. The molecule has 0 fully saturated rings. The summed E-state index contributed by atoms with van der Waals surface area (Å²) in [5.41, 5.74) is 6.07. The summed E-state index contributed by atoms with van der Waals surface area (Å²) in [4.78, 5) is 10.6. The van der Waals surface area contributed by atoms with E-state index < -0.39 is 0 Å². The highest BCUT2D eigenvalue weighted by Crippen LogP contribution is 2.22. The van der Waals surface area contributed by atoms with Gasteiger partial charge in [-0.2, -0.15) is 12.6 Å². The Kier molecular flexibility index (Phi) is 3.17. The van der Waals surface area contributed by atoms with Crippen molar-refractivity contribution < 1.29 is 4.79 Å². The first-order chi connectivity index (χ1) is 5.70. The van der Waals surface area contributed by atoms with Crippen LogP contribution in [0.3, 0.4) is 0 Å². The van der Waals surface area contributed by atoms with Gasteiger partial charge in [0.25, 0.3) is 0 Å². The van der Waals surface area contributed by atoms with E-state index in [1.165, 1.54) is 0 Å². The van der Waals surface area contributed by atoms with E-state index in [0.717, 1.165) is 5.56 Å². The van der Waals surface area contributed by atoms with Crippen LogP contribution in [0.25, 0.3) is 0 Å². The highest BCUT2D eigenvalue weighted by molar-refractivity contribution is 7.80. The summed E-state index contributed by atoms with van der Waals surface area (Å²) in [6.45, 7) is 0. The van der Waals surface area contributed by atoms with Crippen molar-refractivity contribution in [3.8, 4) is 0 Å². The molecule has 0 bridgehead atoms. The summed E-state index contributed by atoms with van der Waals surface area (Å²) >= 11 is 4.26. The van der Waals surface area contributed by atoms with Gasteiger partial charge in [-0.3, -0.25) is 4.79 Å². The molecule has 12 heavy (non-hydrogen) atoms. The predicted octanol–water partition coefficient (Wildman–Crippen LogP) is 1.53. The first kappa shape index (κ1) is 9.13. The Morgan fingerprint density at radius 2 is 2.00 bits per heavy atom. The minimum absolute atomic E-state index is 0.0799. The number of benzene rings is 1. The Hall–Kier alpha value is -0.960. The molecule has 1 amide bonds. The monoisotopic (exact) mass is 181 g/mol. The molecular weight excluding hydrogens is 170 g/mol. The molecule has 0 radical (unpaired) electrons. The molecule has 1 rings (SSSR count). The molecule has 0 heterocycles. The van der Waals surface area contributed by atoms with Crippen LogP contribution in [0.15, 0.2) is 30.3 Å². The molecule has 0 spiro atoms. The number of primary amides is 1. The largest absolute Gasteiger partial charge is 0.370 e. The van der Waals surface area contributed by atoms with Crippen molar-refractivity contribution in [1.82, 2.24) is 0 Å². The number of nitrogens with two attached hydrogens (primary N) is 1. The van der Waals surface area contributed by atoms with Gasteiger partial charge in [-0.05, 0) is 5.56 Å². The van der Waals surface area contributed by atoms with Crippen LogP contribution < -0.4 is 5.73 Å². The molecule has 1 aromatic rings. The van der Waals surface area contributed by atoms with Gasteiger partial charge < -0.3 is 5.73 Å². The van der Waals surface area contributed by atoms with Crippen LogP contribution in [0.1, 0.15) is 17.2 Å². The molecule has 1 unspecified atom stereocenters. The third-order valence-electron chi connectivity index (χ3n) is 1.58. The molecule has 0 saturated carbocycles. The van der Waals surface area contributed by atoms with Crippen molar-refractivity contribution in [3.63, 3.8) is 0 Å². The highest BCUT2D eigenvalue weighted by atomic mass is 32.1. The molecule has 2 nitrogen and oxygen atoms in total. The first-order valence-electron chi connectivity index (χ1n) is 3.71. The average Bonchev–Trinajstić information content (AvgIpc) is 2.05. The van der Waals surface area contributed by atoms with E-state index in [0.29, 0.717) is 0 Å². The van der Waals surface area contributed by atoms with Gasteiger partial charge in [-0.15, -0.1) is 0 Å². The van der Waals surface area contributed by atoms with Crippen molar-refractivity contribution >= 4 is 18.5 Å². The normalized spacial score (nSPS) is 12.4. The summed E-state index contributed by atoms with van der Waals surface area (Å²) in [6, 6.07) is 9.62. The lowest BCUT2D eigenvalue weighted by atomic mass is 10.1. The quantitative estimate of drug-likeness (QED) is 0.682. The average molecular weight is 181 g/mol. The fraction of sp³-hybridized carbons (Fsp3) is 0.222. The van der Waals surface area contributed by atoms with Gasteiger partial charge >= 0.3 is 0 Å². The topological polar surface area (TPSA) is 43.1 Å². The van der Waals surface area contributed by atoms with Crippen LogP contribution in [0, 0.1) is 0 Å². The Morgan fingerprint density at radius 1 is 1.42 bits per heavy atom. The summed E-state index contributed by atoms with van der Waals surface area (Å²) in [7, 11) is 0. The number of hydrogen-bond acceptors (Lipinski definition) is 2. The highest BCUT2D eigenvalue weighted by Gasteiger charge is 2.07. The van der Waals surface area contributed by atoms with Crippen LogP contribution in [-0.4, -0.2) is 5.91 Å². The van der Waals surface area contributed by atoms with Crippen molar-refractivity contribution in [1.29, 1.82) is 0 Å². The van der Waals surface area contributed by atoms with Gasteiger partial charge in [0.05, 0.1) is 0 Å². The number of carbonyl (C=O) groups is 1. The Morgan fingerprint density at radius 3 is 2.50 bits per heavy atom. The maximum absolute atomic E-state index is 10.6. The molecule has 0 aliphatic carbocycles. The zero-order valence-electron chi connectivity index (χ0n) is 6.60. The SMILES string of the molecule is NC(=O)CC(S)c1ccccc1. The Labute approximate surface area is 77.2 Å². The Bertz CT molecular complexity index is 260. The second-order valence-corrected chi connectivity index (χ2v) is 3.22. The van der Waals surface area contributed by atoms with Crippen molar-refractivity contribution in [2.75, 3.05) is 0 Å². The molecular formula is C9H11NOS. The fourth-order valence-electron chi connectivity index (χ4n) is 0.984. The zero-order valence-corrected chi connectivity index (χ0v) is 7.50. The number of thiol groups is 1. The standard InChI is InChI=1S/C9H11NOS/c10-9(11)6-8(12)7-4-2-1-3-5-7/h1-5,8,12H,6H2,(H2,10,11). The molecule has 0 aromatic heterocycles. The molecule has 1 atom stereocenters. The van der Waals surface area contributed by atoms with E-state index in [1.54, 1.807) is 0 Å². The van der Waals surface area contributed by atoms with Crippen molar-refractivity contribution in [3.05, 3.63) is 35.9 Å². The lowest BCUT2D eigenvalue weighted by Crippen LogP contribution is -2.12. The van der Waals surface area contributed by atoms with Gasteiger partial charge in [0.15, 0.2) is 0 Å². The predicted molar refractivity (Wildman–Crippen MR) is 52.0 cm³/mol. The van der Waals surface area contributed by atoms with Crippen LogP contribution in [0.4, 0.5) is 0 Å². The van der Waals surface area contributed by atoms with Gasteiger partial charge in [0.2, 0.25) is 5.91 Å². The minimum atomic E-state index is -0.321. The lowest BCUT2D eigenvalue weighted by molar-refractivity contribution is -0.118. The maximum atomic E-state index is 10.6. The van der Waals surface area contributed by atoms with Crippen LogP contribution in [0.2, 0.25) is 0 Å². The summed E-state index contributed by atoms with van der Waals surface area (Å²) < 4.78 is 0. The molecule has 0 aliphatic heterocycles. The van der Waals surface area contributed by atoms with Gasteiger partial charge in [-0.1, -0.05) is 30.3 Å². The van der Waals surface area contributed by atoms with E-state index in [2.05, 4.69) is 12.6 Å². The third kappa shape index (κ3) is 2.58. The molecule has 0 aliphatic rings. The smallest absolute Gasteiger partial charge is 0.218 e. The van der Waals surface area contributed by atoms with E-state index >= 15 is 0 Å². The summed E-state index contributed by atoms with van der Waals surface area (Å²) in [5, 5.41) is -0.0799. The second-order valence-electron chi connectivity index (χ2n) is 2.60. The lowest BCUT2D eigenvalue weighted by Gasteiger charge is -2.07. The number of hydrogen-bond donors (Lipinski definition) is 2. The van der Waals surface area contributed by atoms with Crippen molar-refractivity contribution in [2.45, 2.75) is 11.7 Å². The summed E-state index contributed by atoms with van der Waals surface area (Å²) in [6.07, 6.45) is 0.285. The maximum Gasteiger partial charge on any atom is 0.218 e. The number of rotatable bonds is 3. The number of carbonyl (C=O) groups excluding carboxylic acids is 1. The van der Waals surface area contributed by atoms with Crippen LogP contribution >= 0.6 is 12.6 Å². The molecule has 1 aromatic carbocycles. The van der Waals surface area contributed by atoms with Crippen LogP contribution in [-0.2, 0) is 4.79 Å². The van der Waals surface area contributed by atoms with Crippen molar-refractivity contribution in [2.24, 2.45) is 5.73 Å². The summed E-state index contributed by atoms with van der Waals surface area (Å²) in [5.74, 6) is -0.321. The van der Waals surface area contributed by atoms with E-state index in [9.17, 15) is 4.79 Å². The van der Waals surface area contributed by atoms with Crippen LogP contribution in [0.5, 0.6) is 0 Å². The third-order valence-corrected chi connectivity index (χ3v) is 2.06. The minimum Gasteiger partial charge on any atom is -0.370 e. The fourth-order valence-corrected chi connectivity index (χ4v) is 1.34. The molecule has 3 heteroatoms. The second kappa shape index (κ2) is 4.16. The van der Waals surface area contributed by atoms with Gasteiger partial charge in [-0.25, -0.2) is 0 Å². The Balaban J connectivity index is 2.65. The van der Waals surface area contributed by atoms with Gasteiger partial charge in [0.1, 0.15) is 0 Å². The molecule has 2 N–H and O–H groups in total. The zero-order chi connectivity index (χ0) is 8.97. The van der Waals surface area contributed by atoms with E-state index in [-0.39, 0.29) is 17.6 Å². The van der Waals surface area contributed by atoms with Gasteiger partial charge in [0, 0.05) is 11.7 Å². The molecule has 64 valence electrons. The first-order valence-corrected chi connectivity index (χ1v) is 4.23. The van der Waals surface area contributed by atoms with E-state index in [4.69, 9.17) is 5.73 Å². The van der Waals surface area contributed by atoms with E-state index in [1.807, 2.05) is 30.3 Å².